The number of carboxylic acid groups (broad SMARTS) is 1. The highest BCUT2D eigenvalue weighted by Gasteiger charge is 2.32. The zero-order chi connectivity index (χ0) is 14.7. The number of carbonyl (C=O) groups is 2. The molecule has 0 atom stereocenters. The van der Waals surface area contributed by atoms with Gasteiger partial charge in [0, 0.05) is 18.3 Å². The molecule has 0 saturated heterocycles. The highest BCUT2D eigenvalue weighted by molar-refractivity contribution is 5.90. The maximum absolute atomic E-state index is 13.4. The number of carbonyl (C=O) groups excluding carboxylic acids is 1. The van der Waals surface area contributed by atoms with Gasteiger partial charge in [-0.15, -0.1) is 0 Å². The van der Waals surface area contributed by atoms with Crippen LogP contribution in [-0.2, 0) is 4.79 Å². The summed E-state index contributed by atoms with van der Waals surface area (Å²) in [4.78, 5) is 24.2. The number of aliphatic carboxylic acids is 1. The van der Waals surface area contributed by atoms with E-state index in [1.165, 1.54) is 11.0 Å². The Morgan fingerprint density at radius 2 is 2.15 bits per heavy atom. The highest BCUT2D eigenvalue weighted by Crippen LogP contribution is 2.27. The van der Waals surface area contributed by atoms with E-state index in [2.05, 4.69) is 5.32 Å². The Balaban J connectivity index is 2.00. The molecule has 0 radical (unpaired) electrons. The summed E-state index contributed by atoms with van der Waals surface area (Å²) in [5.74, 6) is -1.32. The largest absolute Gasteiger partial charge is 0.481 e. The smallest absolute Gasteiger partial charge is 0.322 e. The van der Waals surface area contributed by atoms with Gasteiger partial charge in [-0.2, -0.15) is 0 Å². The van der Waals surface area contributed by atoms with Crippen LogP contribution in [-0.4, -0.2) is 34.6 Å². The molecule has 6 heteroatoms. The average Bonchev–Trinajstić information content (AvgIpc) is 3.18. The third-order valence-corrected chi connectivity index (χ3v) is 3.24. The first-order chi connectivity index (χ1) is 9.47. The molecule has 1 aromatic rings. The van der Waals surface area contributed by atoms with Gasteiger partial charge < -0.3 is 15.3 Å². The number of anilines is 1. The number of carboxylic acids is 1. The fourth-order valence-corrected chi connectivity index (χ4v) is 1.92. The van der Waals surface area contributed by atoms with Crippen molar-refractivity contribution in [2.24, 2.45) is 0 Å². The van der Waals surface area contributed by atoms with Gasteiger partial charge in [-0.1, -0.05) is 6.07 Å². The Bertz CT molecular complexity index is 529. The molecule has 0 spiro atoms. The molecule has 5 nitrogen and oxygen atoms in total. The first-order valence-electron chi connectivity index (χ1n) is 6.53. The number of rotatable bonds is 5. The second kappa shape index (κ2) is 5.90. The molecule has 0 heterocycles. The number of nitrogens with zero attached hydrogens (tertiary/aromatic N) is 1. The highest BCUT2D eigenvalue weighted by atomic mass is 19.1. The number of hydrogen-bond acceptors (Lipinski definition) is 2. The molecule has 1 saturated carbocycles. The standard InChI is InChI=1S/C14H17FN2O3/c1-9-2-3-10(8-12(9)15)16-14(20)17(11-4-5-11)7-6-13(18)19/h2-3,8,11H,4-7H2,1H3,(H,16,20)(H,18,19). The van der Waals surface area contributed by atoms with Crippen molar-refractivity contribution in [3.05, 3.63) is 29.6 Å². The van der Waals surface area contributed by atoms with Crippen LogP contribution in [0.1, 0.15) is 24.8 Å². The number of benzene rings is 1. The van der Waals surface area contributed by atoms with Crippen molar-refractivity contribution in [3.8, 4) is 0 Å². The number of aryl methyl sites for hydroxylation is 1. The quantitative estimate of drug-likeness (QED) is 0.871. The van der Waals surface area contributed by atoms with Crippen LogP contribution < -0.4 is 5.32 Å². The zero-order valence-electron chi connectivity index (χ0n) is 11.2. The SMILES string of the molecule is Cc1ccc(NC(=O)N(CCC(=O)O)C2CC2)cc1F. The Morgan fingerprint density at radius 3 is 2.70 bits per heavy atom. The molecule has 2 N–H and O–H groups in total. The third-order valence-electron chi connectivity index (χ3n) is 3.24. The molecule has 2 rings (SSSR count). The molecule has 0 unspecified atom stereocenters. The van der Waals surface area contributed by atoms with Gasteiger partial charge in [0.25, 0.3) is 0 Å². The second-order valence-electron chi connectivity index (χ2n) is 4.96. The van der Waals surface area contributed by atoms with Crippen molar-refractivity contribution < 1.29 is 19.1 Å². The van der Waals surface area contributed by atoms with Gasteiger partial charge in [-0.25, -0.2) is 9.18 Å². The van der Waals surface area contributed by atoms with E-state index in [-0.39, 0.29) is 30.9 Å². The van der Waals surface area contributed by atoms with Crippen molar-refractivity contribution in [2.45, 2.75) is 32.2 Å². The molecular weight excluding hydrogens is 263 g/mol. The zero-order valence-corrected chi connectivity index (χ0v) is 11.2. The minimum atomic E-state index is -0.940. The van der Waals surface area contributed by atoms with Crippen LogP contribution in [0.3, 0.4) is 0 Å². The van der Waals surface area contributed by atoms with E-state index in [1.807, 2.05) is 0 Å². The number of hydrogen-bond donors (Lipinski definition) is 2. The number of urea groups is 1. The van der Waals surface area contributed by atoms with Crippen molar-refractivity contribution in [1.82, 2.24) is 4.90 Å². The second-order valence-corrected chi connectivity index (χ2v) is 4.96. The molecule has 0 aliphatic heterocycles. The van der Waals surface area contributed by atoms with Crippen molar-refractivity contribution in [2.75, 3.05) is 11.9 Å². The summed E-state index contributed by atoms with van der Waals surface area (Å²) in [5.41, 5.74) is 0.881. The van der Waals surface area contributed by atoms with Gasteiger partial charge >= 0.3 is 12.0 Å². The van der Waals surface area contributed by atoms with Gasteiger partial charge in [0.1, 0.15) is 5.82 Å². The Hall–Kier alpha value is -2.11. The molecule has 1 fully saturated rings. The lowest BCUT2D eigenvalue weighted by molar-refractivity contribution is -0.137. The lowest BCUT2D eigenvalue weighted by atomic mass is 10.2. The van der Waals surface area contributed by atoms with Crippen molar-refractivity contribution in [3.63, 3.8) is 0 Å². The number of nitrogens with one attached hydrogen (secondary N) is 1. The van der Waals surface area contributed by atoms with Crippen molar-refractivity contribution in [1.29, 1.82) is 0 Å². The Labute approximate surface area is 116 Å². The van der Waals surface area contributed by atoms with E-state index in [0.29, 0.717) is 11.3 Å². The van der Waals surface area contributed by atoms with E-state index < -0.39 is 5.97 Å². The van der Waals surface area contributed by atoms with E-state index in [9.17, 15) is 14.0 Å². The fraction of sp³-hybridized carbons (Fsp3) is 0.429. The van der Waals surface area contributed by atoms with Crippen LogP contribution in [0.4, 0.5) is 14.9 Å². The summed E-state index contributed by atoms with van der Waals surface area (Å²) < 4.78 is 13.4. The van der Waals surface area contributed by atoms with Crippen LogP contribution >= 0.6 is 0 Å². The van der Waals surface area contributed by atoms with Crippen molar-refractivity contribution >= 4 is 17.7 Å². The van der Waals surface area contributed by atoms with Gasteiger partial charge in [0.15, 0.2) is 0 Å². The van der Waals surface area contributed by atoms with Gasteiger partial charge in [0.2, 0.25) is 0 Å². The van der Waals surface area contributed by atoms with E-state index in [0.717, 1.165) is 12.8 Å². The lowest BCUT2D eigenvalue weighted by Gasteiger charge is -2.22. The normalized spacial score (nSPS) is 13.9. The summed E-state index contributed by atoms with van der Waals surface area (Å²) >= 11 is 0. The molecule has 0 bridgehead atoms. The molecule has 2 amide bonds. The van der Waals surface area contributed by atoms with E-state index in [1.54, 1.807) is 19.1 Å². The number of amides is 2. The molecule has 108 valence electrons. The van der Waals surface area contributed by atoms with Crippen LogP contribution in [0.25, 0.3) is 0 Å². The maximum Gasteiger partial charge on any atom is 0.322 e. The summed E-state index contributed by atoms with van der Waals surface area (Å²) in [5, 5.41) is 11.3. The predicted octanol–water partition coefficient (Wildman–Crippen LogP) is 2.61. The van der Waals surface area contributed by atoms with Crippen LogP contribution in [0.2, 0.25) is 0 Å². The van der Waals surface area contributed by atoms with Crippen LogP contribution in [0, 0.1) is 12.7 Å². The average molecular weight is 280 g/mol. The molecule has 0 aromatic heterocycles. The first-order valence-corrected chi connectivity index (χ1v) is 6.53. The van der Waals surface area contributed by atoms with E-state index >= 15 is 0 Å². The molecule has 20 heavy (non-hydrogen) atoms. The van der Waals surface area contributed by atoms with Gasteiger partial charge in [-0.3, -0.25) is 4.79 Å². The summed E-state index contributed by atoms with van der Waals surface area (Å²) in [6.07, 6.45) is 1.68. The molecule has 1 aliphatic rings. The monoisotopic (exact) mass is 280 g/mol. The topological polar surface area (TPSA) is 69.6 Å². The first kappa shape index (κ1) is 14.3. The molecule has 1 aromatic carbocycles. The van der Waals surface area contributed by atoms with Gasteiger partial charge in [-0.05, 0) is 37.5 Å². The summed E-state index contributed by atoms with van der Waals surface area (Å²) in [6.45, 7) is 1.81. The molecule has 1 aliphatic carbocycles. The fourth-order valence-electron chi connectivity index (χ4n) is 1.92. The summed E-state index contributed by atoms with van der Waals surface area (Å²) in [6, 6.07) is 4.19. The minimum Gasteiger partial charge on any atom is -0.481 e. The third kappa shape index (κ3) is 3.69. The summed E-state index contributed by atoms with van der Waals surface area (Å²) in [7, 11) is 0. The maximum atomic E-state index is 13.4. The van der Waals surface area contributed by atoms with E-state index in [4.69, 9.17) is 5.11 Å². The molecular formula is C14H17FN2O3. The number of halogens is 1. The predicted molar refractivity (Wildman–Crippen MR) is 72.1 cm³/mol. The Morgan fingerprint density at radius 1 is 1.45 bits per heavy atom. The van der Waals surface area contributed by atoms with Crippen LogP contribution in [0.15, 0.2) is 18.2 Å². The minimum absolute atomic E-state index is 0.0911. The Kier molecular flexibility index (Phi) is 4.22. The van der Waals surface area contributed by atoms with Gasteiger partial charge in [0.05, 0.1) is 6.42 Å². The lowest BCUT2D eigenvalue weighted by Crippen LogP contribution is -2.38. The van der Waals surface area contributed by atoms with Crippen LogP contribution in [0.5, 0.6) is 0 Å².